The van der Waals surface area contributed by atoms with Crippen LogP contribution in [-0.4, -0.2) is 40.7 Å². The standard InChI is InChI=1S/C17H21FN4O2/c1-10(2)16-15(18)17(22-21-16)13(23)7-11-3-4-12(20-8-11)14-9-19-5-6-24-14/h3-4,8,10,14,19H,5-7,9H2,1-2H3,(H,21,22)/t14-/m1/s1. The monoisotopic (exact) mass is 332 g/mol. The fourth-order valence-corrected chi connectivity index (χ4v) is 2.66. The molecule has 7 heteroatoms. The lowest BCUT2D eigenvalue weighted by molar-refractivity contribution is 0.0250. The van der Waals surface area contributed by atoms with E-state index in [1.54, 1.807) is 6.20 Å². The van der Waals surface area contributed by atoms with E-state index in [0.29, 0.717) is 12.3 Å². The molecule has 0 aromatic carbocycles. The Kier molecular flexibility index (Phi) is 5.01. The van der Waals surface area contributed by atoms with E-state index in [9.17, 15) is 9.18 Å². The lowest BCUT2D eigenvalue weighted by Crippen LogP contribution is -2.33. The van der Waals surface area contributed by atoms with Crippen LogP contribution in [0, 0.1) is 5.82 Å². The van der Waals surface area contributed by atoms with Crippen molar-refractivity contribution >= 4 is 5.78 Å². The molecule has 2 aromatic rings. The fourth-order valence-electron chi connectivity index (χ4n) is 2.66. The van der Waals surface area contributed by atoms with Gasteiger partial charge < -0.3 is 10.1 Å². The van der Waals surface area contributed by atoms with Crippen LogP contribution in [0.2, 0.25) is 0 Å². The average molecular weight is 332 g/mol. The average Bonchev–Trinajstić information content (AvgIpc) is 2.98. The highest BCUT2D eigenvalue weighted by atomic mass is 19.1. The summed E-state index contributed by atoms with van der Waals surface area (Å²) in [5, 5.41) is 9.68. The Hall–Kier alpha value is -2.12. The number of ether oxygens (including phenoxy) is 1. The molecular formula is C17H21FN4O2. The number of pyridine rings is 1. The number of ketones is 1. The van der Waals surface area contributed by atoms with Crippen molar-refractivity contribution in [2.75, 3.05) is 19.7 Å². The summed E-state index contributed by atoms with van der Waals surface area (Å²) >= 11 is 0. The second kappa shape index (κ2) is 7.19. The third-order valence-electron chi connectivity index (χ3n) is 4.04. The van der Waals surface area contributed by atoms with Gasteiger partial charge in [0.1, 0.15) is 6.10 Å². The first-order valence-electron chi connectivity index (χ1n) is 8.10. The van der Waals surface area contributed by atoms with E-state index in [2.05, 4.69) is 20.5 Å². The molecule has 3 heterocycles. The Labute approximate surface area is 139 Å². The topological polar surface area (TPSA) is 79.9 Å². The summed E-state index contributed by atoms with van der Waals surface area (Å²) in [6, 6.07) is 3.67. The van der Waals surface area contributed by atoms with E-state index in [-0.39, 0.29) is 29.9 Å². The highest BCUT2D eigenvalue weighted by Gasteiger charge is 2.22. The van der Waals surface area contributed by atoms with E-state index in [4.69, 9.17) is 4.74 Å². The van der Waals surface area contributed by atoms with Crippen LogP contribution in [0.1, 0.15) is 53.3 Å². The maximum atomic E-state index is 14.2. The molecule has 1 aliphatic rings. The Morgan fingerprint density at radius 1 is 1.46 bits per heavy atom. The number of carbonyl (C=O) groups excluding carboxylic acids is 1. The van der Waals surface area contributed by atoms with Crippen LogP contribution in [0.4, 0.5) is 4.39 Å². The van der Waals surface area contributed by atoms with Gasteiger partial charge in [-0.1, -0.05) is 19.9 Å². The number of hydrogen-bond donors (Lipinski definition) is 2. The van der Waals surface area contributed by atoms with Gasteiger partial charge in [0, 0.05) is 25.7 Å². The molecule has 24 heavy (non-hydrogen) atoms. The smallest absolute Gasteiger partial charge is 0.190 e. The minimum absolute atomic E-state index is 0.0518. The lowest BCUT2D eigenvalue weighted by atomic mass is 10.1. The van der Waals surface area contributed by atoms with Crippen LogP contribution in [0.15, 0.2) is 18.3 Å². The summed E-state index contributed by atoms with van der Waals surface area (Å²) in [5.41, 5.74) is 1.77. The summed E-state index contributed by atoms with van der Waals surface area (Å²) < 4.78 is 19.8. The van der Waals surface area contributed by atoms with Gasteiger partial charge >= 0.3 is 0 Å². The number of nitrogens with zero attached hydrogens (tertiary/aromatic N) is 2. The number of H-pyrrole nitrogens is 1. The molecule has 2 aromatic heterocycles. The van der Waals surface area contributed by atoms with E-state index in [0.717, 1.165) is 24.3 Å². The van der Waals surface area contributed by atoms with Crippen molar-refractivity contribution in [1.29, 1.82) is 0 Å². The van der Waals surface area contributed by atoms with Gasteiger partial charge in [0.15, 0.2) is 17.3 Å². The Morgan fingerprint density at radius 3 is 2.88 bits per heavy atom. The van der Waals surface area contributed by atoms with Crippen molar-refractivity contribution in [2.45, 2.75) is 32.3 Å². The van der Waals surface area contributed by atoms with Crippen LogP contribution >= 0.6 is 0 Å². The second-order valence-corrected chi connectivity index (χ2v) is 6.21. The third-order valence-corrected chi connectivity index (χ3v) is 4.04. The molecule has 1 aliphatic heterocycles. The number of rotatable bonds is 5. The molecular weight excluding hydrogens is 311 g/mol. The van der Waals surface area contributed by atoms with Gasteiger partial charge in [-0.25, -0.2) is 4.39 Å². The minimum atomic E-state index is -0.554. The maximum absolute atomic E-state index is 14.2. The maximum Gasteiger partial charge on any atom is 0.190 e. The number of halogens is 1. The van der Waals surface area contributed by atoms with Gasteiger partial charge in [0.2, 0.25) is 0 Å². The zero-order valence-electron chi connectivity index (χ0n) is 13.8. The number of aromatic nitrogens is 3. The molecule has 0 radical (unpaired) electrons. The predicted molar refractivity (Wildman–Crippen MR) is 86.5 cm³/mol. The van der Waals surface area contributed by atoms with Gasteiger partial charge in [-0.2, -0.15) is 5.10 Å². The second-order valence-electron chi connectivity index (χ2n) is 6.21. The zero-order chi connectivity index (χ0) is 17.1. The number of hydrogen-bond acceptors (Lipinski definition) is 5. The molecule has 3 rings (SSSR count). The molecule has 0 unspecified atom stereocenters. The summed E-state index contributed by atoms with van der Waals surface area (Å²) in [6.07, 6.45) is 1.64. The summed E-state index contributed by atoms with van der Waals surface area (Å²) in [7, 11) is 0. The fraction of sp³-hybridized carbons (Fsp3) is 0.471. The highest BCUT2D eigenvalue weighted by Crippen LogP contribution is 2.20. The van der Waals surface area contributed by atoms with E-state index < -0.39 is 5.82 Å². The predicted octanol–water partition coefficient (Wildman–Crippen LogP) is 2.15. The number of aromatic amines is 1. The SMILES string of the molecule is CC(C)c1[nH]nc(C(=O)Cc2ccc([C@H]3CNCCO3)nc2)c1F. The van der Waals surface area contributed by atoms with Gasteiger partial charge in [-0.05, 0) is 17.5 Å². The lowest BCUT2D eigenvalue weighted by Gasteiger charge is -2.23. The first-order valence-corrected chi connectivity index (χ1v) is 8.10. The van der Waals surface area contributed by atoms with Crippen molar-refractivity contribution in [3.8, 4) is 0 Å². The number of carbonyl (C=O) groups is 1. The van der Waals surface area contributed by atoms with Crippen LogP contribution in [0.25, 0.3) is 0 Å². The molecule has 2 N–H and O–H groups in total. The van der Waals surface area contributed by atoms with Crippen LogP contribution in [0.5, 0.6) is 0 Å². The largest absolute Gasteiger partial charge is 0.369 e. The molecule has 0 saturated carbocycles. The zero-order valence-corrected chi connectivity index (χ0v) is 13.8. The summed E-state index contributed by atoms with van der Waals surface area (Å²) in [4.78, 5) is 16.6. The van der Waals surface area contributed by atoms with Crippen LogP contribution in [-0.2, 0) is 11.2 Å². The first-order chi connectivity index (χ1) is 11.6. The number of nitrogens with one attached hydrogen (secondary N) is 2. The van der Waals surface area contributed by atoms with Crippen molar-refractivity contribution < 1.29 is 13.9 Å². The molecule has 1 saturated heterocycles. The van der Waals surface area contributed by atoms with Crippen molar-refractivity contribution in [3.05, 3.63) is 46.8 Å². The van der Waals surface area contributed by atoms with Crippen molar-refractivity contribution in [2.24, 2.45) is 0 Å². The van der Waals surface area contributed by atoms with Gasteiger partial charge in [-0.3, -0.25) is 14.9 Å². The van der Waals surface area contributed by atoms with Crippen molar-refractivity contribution in [3.63, 3.8) is 0 Å². The summed E-state index contributed by atoms with van der Waals surface area (Å²) in [6.45, 7) is 5.91. The molecule has 1 atom stereocenters. The van der Waals surface area contributed by atoms with E-state index in [1.807, 2.05) is 26.0 Å². The van der Waals surface area contributed by atoms with Gasteiger partial charge in [0.05, 0.1) is 18.0 Å². The minimum Gasteiger partial charge on any atom is -0.369 e. The van der Waals surface area contributed by atoms with E-state index in [1.165, 1.54) is 0 Å². The quantitative estimate of drug-likeness (QED) is 0.820. The highest BCUT2D eigenvalue weighted by molar-refractivity contribution is 5.96. The molecule has 0 bridgehead atoms. The molecule has 6 nitrogen and oxygen atoms in total. The van der Waals surface area contributed by atoms with E-state index >= 15 is 0 Å². The van der Waals surface area contributed by atoms with Gasteiger partial charge in [0.25, 0.3) is 0 Å². The molecule has 0 amide bonds. The Morgan fingerprint density at radius 2 is 2.29 bits per heavy atom. The van der Waals surface area contributed by atoms with Gasteiger partial charge in [-0.15, -0.1) is 0 Å². The van der Waals surface area contributed by atoms with Crippen LogP contribution < -0.4 is 5.32 Å². The normalized spacial score (nSPS) is 18.1. The molecule has 0 spiro atoms. The molecule has 128 valence electrons. The van der Waals surface area contributed by atoms with Crippen LogP contribution in [0.3, 0.4) is 0 Å². The molecule has 0 aliphatic carbocycles. The third kappa shape index (κ3) is 3.52. The van der Waals surface area contributed by atoms with Crippen molar-refractivity contribution in [1.82, 2.24) is 20.5 Å². The number of Topliss-reactive ketones (excluding diaryl/α,β-unsaturated/α-hetero) is 1. The molecule has 1 fully saturated rings. The Balaban J connectivity index is 1.68. The first kappa shape index (κ1) is 16.7. The Bertz CT molecular complexity index is 706. The number of morpholine rings is 1. The summed E-state index contributed by atoms with van der Waals surface area (Å²) in [5.74, 6) is -0.967.